The zero-order valence-electron chi connectivity index (χ0n) is 31.7. The minimum atomic E-state index is -0.424. The third kappa shape index (κ3) is 4.15. The van der Waals surface area contributed by atoms with Crippen molar-refractivity contribution in [1.82, 2.24) is 0 Å². The van der Waals surface area contributed by atoms with E-state index in [4.69, 9.17) is 0 Å². The van der Waals surface area contributed by atoms with Gasteiger partial charge in [-0.3, -0.25) is 0 Å². The molecule has 0 heterocycles. The van der Waals surface area contributed by atoms with Crippen LogP contribution in [0, 0.1) is 0 Å². The number of benzene rings is 10. The van der Waals surface area contributed by atoms with Crippen molar-refractivity contribution >= 4 is 38.6 Å². The molecule has 3 aliphatic rings. The Bertz CT molecular complexity index is 3290. The molecule has 13 rings (SSSR count). The lowest BCUT2D eigenvalue weighted by Crippen LogP contribution is -2.26. The van der Waals surface area contributed by atoms with Gasteiger partial charge in [0.15, 0.2) is 0 Å². The van der Waals surface area contributed by atoms with Gasteiger partial charge in [0.1, 0.15) is 0 Å². The molecule has 58 heavy (non-hydrogen) atoms. The first-order valence-corrected chi connectivity index (χ1v) is 20.3. The topological polar surface area (TPSA) is 3.24 Å². The van der Waals surface area contributed by atoms with Gasteiger partial charge in [-0.1, -0.05) is 164 Å². The normalized spacial score (nSPS) is 13.3. The SMILES string of the molecule is c1ccc(-c2ccc(N(c3cccc4c3-c3ccccc3C43c4ccccc4-c4ccccc43)c3cccc4cc5c(cc34)-c3cc4ccccc4cc3-5)cc2)cc1. The first-order valence-electron chi connectivity index (χ1n) is 20.3. The van der Waals surface area contributed by atoms with Crippen LogP contribution in [0.5, 0.6) is 0 Å². The van der Waals surface area contributed by atoms with Crippen molar-refractivity contribution in [3.8, 4) is 55.6 Å². The molecular formula is C57H35N. The summed E-state index contributed by atoms with van der Waals surface area (Å²) < 4.78 is 0. The minimum absolute atomic E-state index is 0.424. The molecule has 0 fully saturated rings. The van der Waals surface area contributed by atoms with Crippen molar-refractivity contribution in [3.05, 3.63) is 235 Å². The zero-order valence-corrected chi connectivity index (χ0v) is 31.7. The van der Waals surface area contributed by atoms with Crippen LogP contribution in [0.4, 0.5) is 17.1 Å². The second-order valence-corrected chi connectivity index (χ2v) is 16.0. The molecule has 0 atom stereocenters. The van der Waals surface area contributed by atoms with E-state index in [0.717, 1.165) is 5.69 Å². The molecule has 268 valence electrons. The summed E-state index contributed by atoms with van der Waals surface area (Å²) in [6.07, 6.45) is 0. The Kier molecular flexibility index (Phi) is 6.43. The van der Waals surface area contributed by atoms with E-state index in [9.17, 15) is 0 Å². The Morgan fingerprint density at radius 3 is 1.43 bits per heavy atom. The maximum Gasteiger partial charge on any atom is 0.0726 e. The summed E-state index contributed by atoms with van der Waals surface area (Å²) in [5, 5.41) is 5.05. The van der Waals surface area contributed by atoms with Crippen molar-refractivity contribution in [3.63, 3.8) is 0 Å². The van der Waals surface area contributed by atoms with E-state index in [1.54, 1.807) is 0 Å². The summed E-state index contributed by atoms with van der Waals surface area (Å²) in [4.78, 5) is 2.53. The molecule has 1 nitrogen and oxygen atoms in total. The quantitative estimate of drug-likeness (QED) is 0.174. The molecular weight excluding hydrogens is 699 g/mol. The van der Waals surface area contributed by atoms with Crippen molar-refractivity contribution in [1.29, 1.82) is 0 Å². The molecule has 0 aliphatic heterocycles. The molecule has 0 amide bonds. The molecule has 10 aromatic rings. The minimum Gasteiger partial charge on any atom is -0.309 e. The van der Waals surface area contributed by atoms with Gasteiger partial charge in [0.05, 0.1) is 16.8 Å². The molecule has 0 saturated heterocycles. The Labute approximate surface area is 337 Å². The summed E-state index contributed by atoms with van der Waals surface area (Å²) in [7, 11) is 0. The van der Waals surface area contributed by atoms with Gasteiger partial charge in [0, 0.05) is 16.6 Å². The van der Waals surface area contributed by atoms with Gasteiger partial charge in [0.2, 0.25) is 0 Å². The van der Waals surface area contributed by atoms with E-state index >= 15 is 0 Å². The number of hydrogen-bond acceptors (Lipinski definition) is 1. The molecule has 10 aromatic carbocycles. The van der Waals surface area contributed by atoms with Crippen molar-refractivity contribution < 1.29 is 0 Å². The third-order valence-electron chi connectivity index (χ3n) is 13.2. The smallest absolute Gasteiger partial charge is 0.0726 e. The lowest BCUT2D eigenvalue weighted by molar-refractivity contribution is 0.794. The first kappa shape index (κ1) is 31.7. The van der Waals surface area contributed by atoms with Gasteiger partial charge in [-0.2, -0.15) is 0 Å². The average molecular weight is 734 g/mol. The van der Waals surface area contributed by atoms with Crippen molar-refractivity contribution in [2.75, 3.05) is 4.90 Å². The number of nitrogens with zero attached hydrogens (tertiary/aromatic N) is 1. The highest BCUT2D eigenvalue weighted by molar-refractivity contribution is 6.14. The van der Waals surface area contributed by atoms with Crippen LogP contribution in [-0.2, 0) is 5.41 Å². The van der Waals surface area contributed by atoms with Crippen molar-refractivity contribution in [2.24, 2.45) is 0 Å². The van der Waals surface area contributed by atoms with Crippen LogP contribution in [0.3, 0.4) is 0 Å². The first-order chi connectivity index (χ1) is 28.8. The number of rotatable bonds is 4. The molecule has 1 spiro atoms. The Hall–Kier alpha value is -7.48. The fourth-order valence-corrected chi connectivity index (χ4v) is 10.7. The third-order valence-corrected chi connectivity index (χ3v) is 13.2. The van der Waals surface area contributed by atoms with Crippen LogP contribution in [0.2, 0.25) is 0 Å². The molecule has 0 unspecified atom stereocenters. The average Bonchev–Trinajstić information content (AvgIpc) is 3.76. The fraction of sp³-hybridized carbons (Fsp3) is 0.0175. The van der Waals surface area contributed by atoms with Crippen molar-refractivity contribution in [2.45, 2.75) is 5.41 Å². The highest BCUT2D eigenvalue weighted by Crippen LogP contribution is 2.65. The Morgan fingerprint density at radius 1 is 0.293 bits per heavy atom. The molecule has 0 radical (unpaired) electrons. The monoisotopic (exact) mass is 733 g/mol. The second kappa shape index (κ2) is 11.8. The van der Waals surface area contributed by atoms with Crippen LogP contribution in [0.1, 0.15) is 22.3 Å². The summed E-state index contributed by atoms with van der Waals surface area (Å²) in [6.45, 7) is 0. The number of anilines is 3. The molecule has 0 aromatic heterocycles. The maximum atomic E-state index is 2.53. The summed E-state index contributed by atoms with van der Waals surface area (Å²) in [5.41, 5.74) is 21.4. The molecule has 0 saturated carbocycles. The van der Waals surface area contributed by atoms with Crippen LogP contribution in [0.15, 0.2) is 212 Å². The van der Waals surface area contributed by atoms with E-state index in [1.165, 1.54) is 111 Å². The van der Waals surface area contributed by atoms with Crippen LogP contribution < -0.4 is 4.90 Å². The van der Waals surface area contributed by atoms with Gasteiger partial charge >= 0.3 is 0 Å². The molecule has 0 N–H and O–H groups in total. The summed E-state index contributed by atoms with van der Waals surface area (Å²) in [5.74, 6) is 0. The zero-order chi connectivity index (χ0) is 38.0. The van der Waals surface area contributed by atoms with E-state index in [1.807, 2.05) is 0 Å². The van der Waals surface area contributed by atoms with Crippen LogP contribution >= 0.6 is 0 Å². The Morgan fingerprint density at radius 2 is 0.759 bits per heavy atom. The molecule has 0 bridgehead atoms. The second-order valence-electron chi connectivity index (χ2n) is 16.0. The van der Waals surface area contributed by atoms with E-state index in [-0.39, 0.29) is 0 Å². The van der Waals surface area contributed by atoms with Crippen LogP contribution in [-0.4, -0.2) is 0 Å². The summed E-state index contributed by atoms with van der Waals surface area (Å²) in [6, 6.07) is 79.3. The highest BCUT2D eigenvalue weighted by atomic mass is 15.1. The van der Waals surface area contributed by atoms with Gasteiger partial charge < -0.3 is 4.90 Å². The number of hydrogen-bond donors (Lipinski definition) is 0. The van der Waals surface area contributed by atoms with E-state index in [0.29, 0.717) is 0 Å². The van der Waals surface area contributed by atoms with Gasteiger partial charge in [-0.25, -0.2) is 0 Å². The van der Waals surface area contributed by atoms with E-state index in [2.05, 4.69) is 217 Å². The lowest BCUT2D eigenvalue weighted by atomic mass is 9.70. The lowest BCUT2D eigenvalue weighted by Gasteiger charge is -2.32. The molecule has 3 aliphatic carbocycles. The standard InChI is InChI=1S/C57H35N/c1-2-14-36(15-3-1)37-28-30-41(31-29-37)58(54-26-12-18-40-34-48-46-32-38-16-4-5-17-39(38)33-47(46)49(48)35-45(40)54)55-27-13-25-53-56(55)44-21-8-11-24-52(44)57(53)50-22-9-6-19-42(50)43-20-7-10-23-51(43)57/h1-35H. The molecule has 1 heteroatoms. The summed E-state index contributed by atoms with van der Waals surface area (Å²) >= 11 is 0. The highest BCUT2D eigenvalue weighted by Gasteiger charge is 2.52. The maximum absolute atomic E-state index is 2.53. The predicted octanol–water partition coefficient (Wildman–Crippen LogP) is 15.1. The van der Waals surface area contributed by atoms with E-state index < -0.39 is 5.41 Å². The van der Waals surface area contributed by atoms with Gasteiger partial charge in [0.25, 0.3) is 0 Å². The van der Waals surface area contributed by atoms with Gasteiger partial charge in [-0.05, 0) is 137 Å². The Balaban J connectivity index is 1.08. The predicted molar refractivity (Wildman–Crippen MR) is 242 cm³/mol. The van der Waals surface area contributed by atoms with Crippen LogP contribution in [0.25, 0.3) is 77.2 Å². The van der Waals surface area contributed by atoms with Gasteiger partial charge in [-0.15, -0.1) is 0 Å². The fourth-order valence-electron chi connectivity index (χ4n) is 10.7. The number of fused-ring (bicyclic) bond motifs is 16. The largest absolute Gasteiger partial charge is 0.309 e.